The molecule has 2 aromatic rings. The minimum absolute atomic E-state index is 0.131. The van der Waals surface area contributed by atoms with Crippen molar-refractivity contribution in [2.75, 3.05) is 80.3 Å². The predicted molar refractivity (Wildman–Crippen MR) is 121 cm³/mol. The number of fused-ring (bicyclic) bond motifs is 1. The minimum atomic E-state index is -3.82. The molecule has 2 fully saturated rings. The van der Waals surface area contributed by atoms with Crippen molar-refractivity contribution >= 4 is 27.1 Å². The molecule has 9 nitrogen and oxygen atoms in total. The lowest BCUT2D eigenvalue weighted by molar-refractivity contribution is 0.122. The van der Waals surface area contributed by atoms with E-state index < -0.39 is 10.0 Å². The van der Waals surface area contributed by atoms with Gasteiger partial charge < -0.3 is 28.7 Å². The lowest BCUT2D eigenvalue weighted by atomic mass is 10.2. The first-order valence-electron chi connectivity index (χ1n) is 10.8. The lowest BCUT2D eigenvalue weighted by Crippen LogP contribution is -2.38. The first kappa shape index (κ1) is 21.2. The zero-order valence-corrected chi connectivity index (χ0v) is 18.6. The first-order valence-corrected chi connectivity index (χ1v) is 12.3. The number of nitrogens with zero attached hydrogens (tertiary/aromatic N) is 2. The molecule has 172 valence electrons. The van der Waals surface area contributed by atoms with Gasteiger partial charge in [0.05, 0.1) is 42.7 Å². The van der Waals surface area contributed by atoms with Crippen molar-refractivity contribution in [1.29, 1.82) is 0 Å². The Morgan fingerprint density at radius 1 is 0.719 bits per heavy atom. The van der Waals surface area contributed by atoms with E-state index in [2.05, 4.69) is 20.6 Å². The monoisotopic (exact) mass is 461 g/mol. The van der Waals surface area contributed by atoms with Gasteiger partial charge in [0.25, 0.3) is 10.0 Å². The van der Waals surface area contributed by atoms with Crippen molar-refractivity contribution in [2.24, 2.45) is 0 Å². The number of benzene rings is 2. The van der Waals surface area contributed by atoms with Crippen LogP contribution in [0.2, 0.25) is 0 Å². The molecule has 5 rings (SSSR count). The van der Waals surface area contributed by atoms with Gasteiger partial charge in [-0.25, -0.2) is 8.42 Å². The average Bonchev–Trinajstić information content (AvgIpc) is 2.85. The van der Waals surface area contributed by atoms with Crippen LogP contribution in [-0.2, 0) is 19.5 Å². The van der Waals surface area contributed by atoms with Crippen LogP contribution in [0.25, 0.3) is 0 Å². The maximum absolute atomic E-state index is 13.2. The molecule has 3 aliphatic heterocycles. The van der Waals surface area contributed by atoms with E-state index in [9.17, 15) is 8.42 Å². The Bertz CT molecular complexity index is 1070. The topological polar surface area (TPSA) is 89.6 Å². The number of morpholine rings is 2. The summed E-state index contributed by atoms with van der Waals surface area (Å²) in [5.74, 6) is 0.995. The van der Waals surface area contributed by atoms with Gasteiger partial charge in [-0.3, -0.25) is 4.72 Å². The second kappa shape index (κ2) is 9.05. The highest BCUT2D eigenvalue weighted by molar-refractivity contribution is 7.92. The molecule has 0 unspecified atom stereocenters. The summed E-state index contributed by atoms with van der Waals surface area (Å²) >= 11 is 0. The fraction of sp³-hybridized carbons (Fsp3) is 0.455. The molecule has 0 amide bonds. The summed E-state index contributed by atoms with van der Waals surface area (Å²) in [6.45, 7) is 6.46. The number of nitrogens with one attached hydrogen (secondary N) is 1. The van der Waals surface area contributed by atoms with Crippen molar-refractivity contribution in [2.45, 2.75) is 4.90 Å². The molecule has 32 heavy (non-hydrogen) atoms. The number of hydrogen-bond acceptors (Lipinski definition) is 8. The maximum atomic E-state index is 13.2. The summed E-state index contributed by atoms with van der Waals surface area (Å²) in [6.07, 6.45) is 0. The normalized spacial score (nSPS) is 19.0. The van der Waals surface area contributed by atoms with Crippen molar-refractivity contribution < 1.29 is 27.4 Å². The quantitative estimate of drug-likeness (QED) is 0.723. The third-order valence-electron chi connectivity index (χ3n) is 5.78. The molecule has 0 aromatic heterocycles. The molecule has 10 heteroatoms. The molecule has 0 bridgehead atoms. The van der Waals surface area contributed by atoms with Gasteiger partial charge in [0, 0.05) is 37.9 Å². The number of hydrogen-bond donors (Lipinski definition) is 1. The van der Waals surface area contributed by atoms with Gasteiger partial charge in [-0.1, -0.05) is 0 Å². The van der Waals surface area contributed by atoms with Crippen molar-refractivity contribution in [1.82, 2.24) is 0 Å². The van der Waals surface area contributed by atoms with Crippen LogP contribution in [-0.4, -0.2) is 74.2 Å². The Morgan fingerprint density at radius 2 is 1.38 bits per heavy atom. The molecule has 3 heterocycles. The van der Waals surface area contributed by atoms with Gasteiger partial charge in [-0.2, -0.15) is 0 Å². The van der Waals surface area contributed by atoms with Crippen LogP contribution in [0.1, 0.15) is 0 Å². The van der Waals surface area contributed by atoms with E-state index in [1.165, 1.54) is 12.1 Å². The van der Waals surface area contributed by atoms with Crippen LogP contribution in [0.4, 0.5) is 17.1 Å². The van der Waals surface area contributed by atoms with Gasteiger partial charge in [0.1, 0.15) is 13.2 Å². The van der Waals surface area contributed by atoms with Crippen LogP contribution >= 0.6 is 0 Å². The van der Waals surface area contributed by atoms with Gasteiger partial charge in [-0.15, -0.1) is 0 Å². The molecule has 1 N–H and O–H groups in total. The second-order valence-corrected chi connectivity index (χ2v) is 9.49. The smallest absolute Gasteiger partial charge is 0.262 e. The predicted octanol–water partition coefficient (Wildman–Crippen LogP) is 1.93. The third kappa shape index (κ3) is 4.43. The molecule has 3 aliphatic rings. The molecule has 0 spiro atoms. The van der Waals surface area contributed by atoms with Gasteiger partial charge in [-0.05, 0) is 30.3 Å². The number of ether oxygens (including phenoxy) is 4. The summed E-state index contributed by atoms with van der Waals surface area (Å²) in [7, 11) is -3.82. The highest BCUT2D eigenvalue weighted by atomic mass is 32.2. The Kier molecular flexibility index (Phi) is 5.99. The zero-order chi connectivity index (χ0) is 22.0. The highest BCUT2D eigenvalue weighted by Crippen LogP contribution is 2.36. The van der Waals surface area contributed by atoms with E-state index in [0.29, 0.717) is 69.9 Å². The van der Waals surface area contributed by atoms with Crippen LogP contribution in [0.3, 0.4) is 0 Å². The van der Waals surface area contributed by atoms with Crippen molar-refractivity contribution in [3.05, 3.63) is 36.4 Å². The molecular formula is C22H27N3O6S. The summed E-state index contributed by atoms with van der Waals surface area (Å²) in [5, 5.41) is 0. The number of anilines is 3. The molecular weight excluding hydrogens is 434 g/mol. The largest absolute Gasteiger partial charge is 0.486 e. The number of sulfonamides is 1. The summed E-state index contributed by atoms with van der Waals surface area (Å²) in [5.41, 5.74) is 2.44. The van der Waals surface area contributed by atoms with Crippen molar-refractivity contribution in [3.63, 3.8) is 0 Å². The minimum Gasteiger partial charge on any atom is -0.486 e. The van der Waals surface area contributed by atoms with Gasteiger partial charge in [0.15, 0.2) is 11.5 Å². The fourth-order valence-electron chi connectivity index (χ4n) is 4.08. The Labute approximate surface area is 187 Å². The maximum Gasteiger partial charge on any atom is 0.262 e. The molecule has 2 saturated heterocycles. The van der Waals surface area contributed by atoms with E-state index in [1.54, 1.807) is 6.07 Å². The van der Waals surface area contributed by atoms with Gasteiger partial charge >= 0.3 is 0 Å². The lowest BCUT2D eigenvalue weighted by Gasteiger charge is -2.33. The van der Waals surface area contributed by atoms with E-state index in [-0.39, 0.29) is 4.90 Å². The third-order valence-corrected chi connectivity index (χ3v) is 7.14. The average molecular weight is 462 g/mol. The van der Waals surface area contributed by atoms with E-state index in [4.69, 9.17) is 18.9 Å². The first-order chi connectivity index (χ1) is 15.6. The summed E-state index contributed by atoms with van der Waals surface area (Å²) < 4.78 is 51.3. The second-order valence-electron chi connectivity index (χ2n) is 7.81. The van der Waals surface area contributed by atoms with E-state index in [0.717, 1.165) is 24.5 Å². The molecule has 0 atom stereocenters. The molecule has 2 aromatic carbocycles. The summed E-state index contributed by atoms with van der Waals surface area (Å²) in [6, 6.07) is 10.5. The van der Waals surface area contributed by atoms with Crippen LogP contribution in [0.5, 0.6) is 11.5 Å². The van der Waals surface area contributed by atoms with Crippen LogP contribution in [0, 0.1) is 0 Å². The molecule has 0 aliphatic carbocycles. The Morgan fingerprint density at radius 3 is 2.09 bits per heavy atom. The highest BCUT2D eigenvalue weighted by Gasteiger charge is 2.24. The molecule has 0 saturated carbocycles. The van der Waals surface area contributed by atoms with E-state index in [1.807, 2.05) is 12.1 Å². The van der Waals surface area contributed by atoms with Crippen LogP contribution in [0.15, 0.2) is 41.3 Å². The number of rotatable bonds is 5. The zero-order valence-electron chi connectivity index (χ0n) is 17.8. The summed E-state index contributed by atoms with van der Waals surface area (Å²) in [4.78, 5) is 4.55. The Balaban J connectivity index is 1.46. The van der Waals surface area contributed by atoms with Gasteiger partial charge in [0.2, 0.25) is 0 Å². The standard InChI is InChI=1S/C22H27N3O6S/c26-32(27,18-2-4-21-22(16-18)31-14-13-30-21)23-19-3-1-17(24-5-9-28-10-6-24)15-20(19)25-7-11-29-12-8-25/h1-4,15-16,23H,5-14H2. The van der Waals surface area contributed by atoms with E-state index >= 15 is 0 Å². The Hall–Kier alpha value is -2.69. The fourth-order valence-corrected chi connectivity index (χ4v) is 5.17. The van der Waals surface area contributed by atoms with Crippen molar-refractivity contribution in [3.8, 4) is 11.5 Å². The SMILES string of the molecule is O=S(=O)(Nc1ccc(N2CCOCC2)cc1N1CCOCC1)c1ccc2c(c1)OCCO2. The molecule has 0 radical (unpaired) electrons. The van der Waals surface area contributed by atoms with Crippen LogP contribution < -0.4 is 24.0 Å².